The maximum absolute atomic E-state index is 10.1. The molecule has 2 spiro atoms. The highest BCUT2D eigenvalue weighted by Crippen LogP contribution is 2.65. The van der Waals surface area contributed by atoms with Gasteiger partial charge in [-0.05, 0) is 154 Å². The predicted octanol–water partition coefficient (Wildman–Crippen LogP) is 13.5. The Hall–Kier alpha value is -8.04. The van der Waals surface area contributed by atoms with E-state index in [0.717, 1.165) is 22.3 Å². The van der Waals surface area contributed by atoms with Crippen LogP contribution in [0, 0.1) is 22.7 Å². The summed E-state index contributed by atoms with van der Waals surface area (Å²) in [6.45, 7) is 0. The first-order valence-corrected chi connectivity index (χ1v) is 20.5. The molecule has 2 unspecified atom stereocenters. The highest BCUT2D eigenvalue weighted by molar-refractivity contribution is 5.98. The minimum atomic E-state index is -0.541. The molecule has 0 saturated heterocycles. The molecule has 2 heteroatoms. The third-order valence-electron chi connectivity index (χ3n) is 14.0. The first-order valence-electron chi connectivity index (χ1n) is 20.5. The largest absolute Gasteiger partial charge is 0.192 e. The van der Waals surface area contributed by atoms with Crippen LogP contribution in [0.2, 0.25) is 0 Å². The molecule has 4 aliphatic carbocycles. The van der Waals surface area contributed by atoms with Crippen LogP contribution in [0.25, 0.3) is 66.8 Å². The number of nitriles is 2. The molecule has 0 N–H and O–H groups in total. The summed E-state index contributed by atoms with van der Waals surface area (Å²) in [7, 11) is 0. The maximum Gasteiger partial charge on any atom is 0.0991 e. The van der Waals surface area contributed by atoms with Crippen LogP contribution in [-0.4, -0.2) is 0 Å². The van der Waals surface area contributed by atoms with E-state index in [4.69, 9.17) is 0 Å². The molecule has 0 aromatic heterocycles. The molecule has 0 saturated carbocycles. The van der Waals surface area contributed by atoms with Gasteiger partial charge in [-0.1, -0.05) is 152 Å². The molecule has 0 fully saturated rings. The van der Waals surface area contributed by atoms with Crippen molar-refractivity contribution < 1.29 is 0 Å². The monoisotopic (exact) mass is 756 g/mol. The van der Waals surface area contributed by atoms with Crippen molar-refractivity contribution in [2.75, 3.05) is 0 Å². The summed E-state index contributed by atoms with van der Waals surface area (Å²) < 4.78 is 0. The van der Waals surface area contributed by atoms with Crippen LogP contribution in [0.15, 0.2) is 194 Å². The lowest BCUT2D eigenvalue weighted by Crippen LogP contribution is -2.26. The van der Waals surface area contributed by atoms with Crippen molar-refractivity contribution in [3.8, 4) is 78.9 Å². The van der Waals surface area contributed by atoms with E-state index in [0.29, 0.717) is 11.1 Å². The molecule has 0 radical (unpaired) electrons. The van der Waals surface area contributed by atoms with Gasteiger partial charge in [-0.15, -0.1) is 0 Å². The third-order valence-corrected chi connectivity index (χ3v) is 14.0. The number of benzene rings is 9. The topological polar surface area (TPSA) is 47.6 Å². The SMILES string of the molecule is N#Cc1ccc2c(c1)C1(c3ccccc3-2)c2ccccc2-c2ccc(-c3cccc(-c4ccc5c(c4)C4(c6ccccc6-c6ccc(C#N)cc64)c4ccccc4-5)c3)cc21. The molecule has 0 aliphatic heterocycles. The van der Waals surface area contributed by atoms with Gasteiger partial charge in [0, 0.05) is 0 Å². The van der Waals surface area contributed by atoms with Gasteiger partial charge < -0.3 is 0 Å². The van der Waals surface area contributed by atoms with E-state index in [2.05, 4.69) is 194 Å². The summed E-state index contributed by atoms with van der Waals surface area (Å²) in [4.78, 5) is 0. The molecular weight excluding hydrogens is 725 g/mol. The van der Waals surface area contributed by atoms with Crippen molar-refractivity contribution in [2.24, 2.45) is 0 Å². The predicted molar refractivity (Wildman–Crippen MR) is 239 cm³/mol. The van der Waals surface area contributed by atoms with Crippen molar-refractivity contribution in [3.05, 3.63) is 250 Å². The van der Waals surface area contributed by atoms with Gasteiger partial charge in [0.05, 0.1) is 34.1 Å². The van der Waals surface area contributed by atoms with Crippen LogP contribution in [0.4, 0.5) is 0 Å². The van der Waals surface area contributed by atoms with Crippen molar-refractivity contribution in [1.82, 2.24) is 0 Å². The zero-order valence-corrected chi connectivity index (χ0v) is 32.4. The molecule has 0 amide bonds. The molecule has 13 rings (SSSR count). The fourth-order valence-corrected chi connectivity index (χ4v) is 11.7. The minimum Gasteiger partial charge on any atom is -0.192 e. The highest BCUT2D eigenvalue weighted by atomic mass is 14.5. The first kappa shape index (κ1) is 33.0. The van der Waals surface area contributed by atoms with Gasteiger partial charge in [0.2, 0.25) is 0 Å². The van der Waals surface area contributed by atoms with Crippen LogP contribution >= 0.6 is 0 Å². The summed E-state index contributed by atoms with van der Waals surface area (Å²) in [5.74, 6) is 0. The molecule has 60 heavy (non-hydrogen) atoms. The molecule has 0 bridgehead atoms. The Labute approximate surface area is 348 Å². The van der Waals surface area contributed by atoms with Crippen molar-refractivity contribution >= 4 is 0 Å². The second-order valence-electron chi connectivity index (χ2n) is 16.5. The van der Waals surface area contributed by atoms with Crippen molar-refractivity contribution in [3.63, 3.8) is 0 Å². The quantitative estimate of drug-likeness (QED) is 0.176. The zero-order chi connectivity index (χ0) is 39.7. The molecule has 274 valence electrons. The minimum absolute atomic E-state index is 0.541. The Balaban J connectivity index is 0.999. The molecule has 9 aromatic rings. The summed E-state index contributed by atoms with van der Waals surface area (Å²) in [5, 5.41) is 20.2. The summed E-state index contributed by atoms with van der Waals surface area (Å²) >= 11 is 0. The third kappa shape index (κ3) is 3.96. The number of nitrogens with zero attached hydrogens (tertiary/aromatic N) is 2. The molecular formula is C58H32N2. The second-order valence-corrected chi connectivity index (χ2v) is 16.5. The van der Waals surface area contributed by atoms with Crippen molar-refractivity contribution in [2.45, 2.75) is 10.8 Å². The Morgan fingerprint density at radius 3 is 0.917 bits per heavy atom. The molecule has 2 atom stereocenters. The van der Waals surface area contributed by atoms with Crippen LogP contribution in [0.3, 0.4) is 0 Å². The molecule has 4 aliphatic rings. The molecule has 9 aromatic carbocycles. The van der Waals surface area contributed by atoms with E-state index in [1.807, 2.05) is 12.1 Å². The lowest BCUT2D eigenvalue weighted by atomic mass is 9.70. The van der Waals surface area contributed by atoms with Gasteiger partial charge in [0.25, 0.3) is 0 Å². The summed E-state index contributed by atoms with van der Waals surface area (Å²) in [6, 6.07) is 75.4. The van der Waals surface area contributed by atoms with Crippen LogP contribution in [0.1, 0.15) is 55.6 Å². The molecule has 0 heterocycles. The van der Waals surface area contributed by atoms with Gasteiger partial charge in [-0.2, -0.15) is 10.5 Å². The second kappa shape index (κ2) is 11.8. The Morgan fingerprint density at radius 1 is 0.250 bits per heavy atom. The van der Waals surface area contributed by atoms with E-state index in [9.17, 15) is 10.5 Å². The fourth-order valence-electron chi connectivity index (χ4n) is 11.7. The van der Waals surface area contributed by atoms with Gasteiger partial charge in [-0.3, -0.25) is 0 Å². The number of fused-ring (bicyclic) bond motifs is 20. The Bertz CT molecular complexity index is 3230. The van der Waals surface area contributed by atoms with E-state index in [1.165, 1.54) is 89.0 Å². The van der Waals surface area contributed by atoms with Gasteiger partial charge in [0.1, 0.15) is 0 Å². The van der Waals surface area contributed by atoms with E-state index in [-0.39, 0.29) is 0 Å². The number of hydrogen-bond donors (Lipinski definition) is 0. The van der Waals surface area contributed by atoms with Crippen LogP contribution in [0.5, 0.6) is 0 Å². The van der Waals surface area contributed by atoms with Crippen LogP contribution in [-0.2, 0) is 10.8 Å². The number of hydrogen-bond acceptors (Lipinski definition) is 2. The Kier molecular flexibility index (Phi) is 6.47. The maximum atomic E-state index is 10.1. The lowest BCUT2D eigenvalue weighted by molar-refractivity contribution is 0.793. The van der Waals surface area contributed by atoms with E-state index < -0.39 is 10.8 Å². The lowest BCUT2D eigenvalue weighted by Gasteiger charge is -2.31. The molecule has 2 nitrogen and oxygen atoms in total. The van der Waals surface area contributed by atoms with Gasteiger partial charge in [0.15, 0.2) is 0 Å². The number of rotatable bonds is 2. The smallest absolute Gasteiger partial charge is 0.0991 e. The zero-order valence-electron chi connectivity index (χ0n) is 32.4. The van der Waals surface area contributed by atoms with Gasteiger partial charge >= 0.3 is 0 Å². The average molecular weight is 757 g/mol. The summed E-state index contributed by atoms with van der Waals surface area (Å²) in [6.07, 6.45) is 0. The standard InChI is InChI=1S/C58H32N2/c59-33-35-20-24-45-41-12-1-5-16-49(41)57(53(45)28-35)51-18-7-3-14-43(51)47-26-22-39(31-55(47)57)37-10-9-11-38(30-37)40-23-27-48-44-15-4-8-19-52(44)58(56(48)32-40)50-17-6-2-13-42(50)46-25-21-36(34-60)29-54(46)58/h1-32H. The first-order chi connectivity index (χ1) is 29.6. The fraction of sp³-hybridized carbons (Fsp3) is 0.0345. The summed E-state index contributed by atoms with van der Waals surface area (Å²) in [5.41, 5.74) is 24.5. The van der Waals surface area contributed by atoms with Gasteiger partial charge in [-0.25, -0.2) is 0 Å². The normalized spacial score (nSPS) is 17.4. The van der Waals surface area contributed by atoms with Crippen LogP contribution < -0.4 is 0 Å². The average Bonchev–Trinajstić information content (AvgIpc) is 3.99. The van der Waals surface area contributed by atoms with Crippen molar-refractivity contribution in [1.29, 1.82) is 10.5 Å². The van der Waals surface area contributed by atoms with E-state index >= 15 is 0 Å². The van der Waals surface area contributed by atoms with E-state index in [1.54, 1.807) is 0 Å². The highest BCUT2D eigenvalue weighted by Gasteiger charge is 2.53. The Morgan fingerprint density at radius 2 is 0.550 bits per heavy atom.